The molecule has 94 valence electrons. The van der Waals surface area contributed by atoms with Crippen molar-refractivity contribution >= 4 is 5.91 Å². The SMILES string of the molecule is COCCOCCNC(=O)c1cccc(O)c1. The summed E-state index contributed by atoms with van der Waals surface area (Å²) in [5.74, 6) is -0.148. The topological polar surface area (TPSA) is 67.8 Å². The minimum atomic E-state index is -0.226. The van der Waals surface area contributed by atoms with Crippen molar-refractivity contribution in [3.63, 3.8) is 0 Å². The van der Waals surface area contributed by atoms with Crippen LogP contribution in [-0.4, -0.2) is 44.5 Å². The van der Waals surface area contributed by atoms with Gasteiger partial charge in [0.25, 0.3) is 5.91 Å². The number of benzene rings is 1. The minimum absolute atomic E-state index is 0.0778. The zero-order valence-electron chi connectivity index (χ0n) is 9.81. The molecular formula is C12H17NO4. The molecule has 0 radical (unpaired) electrons. The molecule has 0 heterocycles. The molecule has 0 fully saturated rings. The van der Waals surface area contributed by atoms with Gasteiger partial charge >= 0.3 is 0 Å². The van der Waals surface area contributed by atoms with Crippen molar-refractivity contribution in [1.82, 2.24) is 5.32 Å². The van der Waals surface area contributed by atoms with Gasteiger partial charge in [-0.1, -0.05) is 6.07 Å². The van der Waals surface area contributed by atoms with Crippen LogP contribution in [0.5, 0.6) is 5.75 Å². The molecule has 0 aliphatic carbocycles. The Morgan fingerprint density at radius 2 is 2.18 bits per heavy atom. The summed E-state index contributed by atoms with van der Waals surface area (Å²) in [6, 6.07) is 6.20. The van der Waals surface area contributed by atoms with Crippen LogP contribution in [-0.2, 0) is 9.47 Å². The quantitative estimate of drug-likeness (QED) is 0.690. The van der Waals surface area contributed by atoms with E-state index in [2.05, 4.69) is 5.32 Å². The van der Waals surface area contributed by atoms with E-state index < -0.39 is 0 Å². The van der Waals surface area contributed by atoms with Crippen LogP contribution in [0.2, 0.25) is 0 Å². The predicted molar refractivity (Wildman–Crippen MR) is 63.1 cm³/mol. The second-order valence-electron chi connectivity index (χ2n) is 3.41. The van der Waals surface area contributed by atoms with E-state index in [1.807, 2.05) is 0 Å². The number of amides is 1. The van der Waals surface area contributed by atoms with Crippen LogP contribution in [0.15, 0.2) is 24.3 Å². The summed E-state index contributed by atoms with van der Waals surface area (Å²) in [5, 5.41) is 11.9. The van der Waals surface area contributed by atoms with E-state index in [4.69, 9.17) is 9.47 Å². The van der Waals surface area contributed by atoms with Gasteiger partial charge in [-0.15, -0.1) is 0 Å². The zero-order chi connectivity index (χ0) is 12.5. The Bertz CT molecular complexity index is 354. The standard InChI is InChI=1S/C12H17NO4/c1-16-7-8-17-6-5-13-12(15)10-3-2-4-11(14)9-10/h2-4,9,14H,5-8H2,1H3,(H,13,15). The molecule has 0 aliphatic heterocycles. The molecule has 0 aliphatic rings. The fraction of sp³-hybridized carbons (Fsp3) is 0.417. The van der Waals surface area contributed by atoms with Crippen LogP contribution in [0, 0.1) is 0 Å². The number of methoxy groups -OCH3 is 1. The smallest absolute Gasteiger partial charge is 0.251 e. The summed E-state index contributed by atoms with van der Waals surface area (Å²) >= 11 is 0. The summed E-state index contributed by atoms with van der Waals surface area (Å²) in [6.45, 7) is 1.92. The lowest BCUT2D eigenvalue weighted by atomic mass is 10.2. The highest BCUT2D eigenvalue weighted by molar-refractivity contribution is 5.94. The third-order valence-corrected chi connectivity index (χ3v) is 2.07. The highest BCUT2D eigenvalue weighted by atomic mass is 16.5. The van der Waals surface area contributed by atoms with Crippen molar-refractivity contribution < 1.29 is 19.4 Å². The molecule has 1 aromatic carbocycles. The van der Waals surface area contributed by atoms with Gasteiger partial charge in [0, 0.05) is 19.2 Å². The third-order valence-electron chi connectivity index (χ3n) is 2.07. The number of aromatic hydroxyl groups is 1. The number of carbonyl (C=O) groups is 1. The molecule has 0 bridgehead atoms. The Morgan fingerprint density at radius 3 is 2.88 bits per heavy atom. The lowest BCUT2D eigenvalue weighted by molar-refractivity contribution is 0.0692. The van der Waals surface area contributed by atoms with Crippen LogP contribution in [0.25, 0.3) is 0 Å². The predicted octanol–water partition coefficient (Wildman–Crippen LogP) is 0.785. The molecule has 1 rings (SSSR count). The molecule has 0 saturated carbocycles. The van der Waals surface area contributed by atoms with Gasteiger partial charge in [0.05, 0.1) is 19.8 Å². The van der Waals surface area contributed by atoms with Crippen molar-refractivity contribution in [2.45, 2.75) is 0 Å². The number of phenolic OH excluding ortho intramolecular Hbond substituents is 1. The summed E-state index contributed by atoms with van der Waals surface area (Å²) in [5.41, 5.74) is 0.432. The average Bonchev–Trinajstić information content (AvgIpc) is 2.33. The molecule has 1 aromatic rings. The maximum atomic E-state index is 11.6. The first-order valence-corrected chi connectivity index (χ1v) is 5.38. The lowest BCUT2D eigenvalue weighted by Crippen LogP contribution is -2.27. The van der Waals surface area contributed by atoms with E-state index in [0.717, 1.165) is 0 Å². The van der Waals surface area contributed by atoms with Crippen LogP contribution < -0.4 is 5.32 Å². The van der Waals surface area contributed by atoms with Crippen molar-refractivity contribution in [2.24, 2.45) is 0 Å². The Balaban J connectivity index is 2.21. The summed E-state index contributed by atoms with van der Waals surface area (Å²) in [7, 11) is 1.60. The largest absolute Gasteiger partial charge is 0.508 e. The molecule has 5 heteroatoms. The van der Waals surface area contributed by atoms with Crippen LogP contribution in [0.1, 0.15) is 10.4 Å². The molecule has 0 saturated heterocycles. The molecule has 5 nitrogen and oxygen atoms in total. The van der Waals surface area contributed by atoms with Gasteiger partial charge in [0.15, 0.2) is 0 Å². The van der Waals surface area contributed by atoms with E-state index in [9.17, 15) is 9.90 Å². The Kier molecular flexibility index (Phi) is 6.06. The molecule has 17 heavy (non-hydrogen) atoms. The van der Waals surface area contributed by atoms with Gasteiger partial charge in [-0.25, -0.2) is 0 Å². The normalized spacial score (nSPS) is 10.2. The summed E-state index contributed by atoms with van der Waals surface area (Å²) in [4.78, 5) is 11.6. The fourth-order valence-electron chi connectivity index (χ4n) is 1.23. The van der Waals surface area contributed by atoms with Gasteiger partial charge < -0.3 is 19.9 Å². The molecular weight excluding hydrogens is 222 g/mol. The van der Waals surface area contributed by atoms with E-state index in [1.54, 1.807) is 19.2 Å². The molecule has 2 N–H and O–H groups in total. The van der Waals surface area contributed by atoms with Gasteiger partial charge in [0.2, 0.25) is 0 Å². The maximum absolute atomic E-state index is 11.6. The Hall–Kier alpha value is -1.59. The maximum Gasteiger partial charge on any atom is 0.251 e. The molecule has 0 atom stereocenters. The van der Waals surface area contributed by atoms with E-state index in [1.165, 1.54) is 12.1 Å². The molecule has 1 amide bonds. The van der Waals surface area contributed by atoms with Gasteiger partial charge in [-0.2, -0.15) is 0 Å². The first kappa shape index (κ1) is 13.5. The number of rotatable bonds is 7. The zero-order valence-corrected chi connectivity index (χ0v) is 9.81. The van der Waals surface area contributed by atoms with E-state index in [-0.39, 0.29) is 11.7 Å². The van der Waals surface area contributed by atoms with E-state index >= 15 is 0 Å². The van der Waals surface area contributed by atoms with Gasteiger partial charge in [-0.3, -0.25) is 4.79 Å². The Morgan fingerprint density at radius 1 is 1.35 bits per heavy atom. The Labute approximate surface area is 100 Å². The highest BCUT2D eigenvalue weighted by Gasteiger charge is 2.04. The fourth-order valence-corrected chi connectivity index (χ4v) is 1.23. The monoisotopic (exact) mass is 239 g/mol. The number of hydrogen-bond acceptors (Lipinski definition) is 4. The lowest BCUT2D eigenvalue weighted by Gasteiger charge is -2.06. The number of phenols is 1. The molecule has 0 spiro atoms. The second kappa shape index (κ2) is 7.65. The van der Waals surface area contributed by atoms with Crippen molar-refractivity contribution in [1.29, 1.82) is 0 Å². The first-order chi connectivity index (χ1) is 8.24. The minimum Gasteiger partial charge on any atom is -0.508 e. The van der Waals surface area contributed by atoms with Crippen molar-refractivity contribution in [3.05, 3.63) is 29.8 Å². The molecule has 0 unspecified atom stereocenters. The average molecular weight is 239 g/mol. The first-order valence-electron chi connectivity index (χ1n) is 5.38. The van der Waals surface area contributed by atoms with E-state index in [0.29, 0.717) is 31.9 Å². The summed E-state index contributed by atoms with van der Waals surface area (Å²) < 4.78 is 10.0. The van der Waals surface area contributed by atoms with Crippen LogP contribution in [0.3, 0.4) is 0 Å². The number of nitrogens with one attached hydrogen (secondary N) is 1. The number of carbonyl (C=O) groups excluding carboxylic acids is 1. The third kappa shape index (κ3) is 5.33. The number of hydrogen-bond donors (Lipinski definition) is 2. The van der Waals surface area contributed by atoms with Gasteiger partial charge in [-0.05, 0) is 18.2 Å². The van der Waals surface area contributed by atoms with Crippen LogP contribution in [0.4, 0.5) is 0 Å². The second-order valence-corrected chi connectivity index (χ2v) is 3.41. The van der Waals surface area contributed by atoms with Crippen molar-refractivity contribution in [2.75, 3.05) is 33.5 Å². The van der Waals surface area contributed by atoms with Gasteiger partial charge in [0.1, 0.15) is 5.75 Å². The van der Waals surface area contributed by atoms with Crippen molar-refractivity contribution in [3.8, 4) is 5.75 Å². The highest BCUT2D eigenvalue weighted by Crippen LogP contribution is 2.10. The summed E-state index contributed by atoms with van der Waals surface area (Å²) in [6.07, 6.45) is 0. The molecule has 0 aromatic heterocycles. The van der Waals surface area contributed by atoms with Crippen LogP contribution >= 0.6 is 0 Å². The number of ether oxygens (including phenoxy) is 2.